The zero-order valence-electron chi connectivity index (χ0n) is 12.9. The van der Waals surface area contributed by atoms with Crippen LogP contribution in [-0.2, 0) is 0 Å². The third kappa shape index (κ3) is 2.65. The van der Waals surface area contributed by atoms with Crippen molar-refractivity contribution in [3.8, 4) is 33.5 Å². The van der Waals surface area contributed by atoms with E-state index in [1.54, 1.807) is 24.9 Å². The van der Waals surface area contributed by atoms with Gasteiger partial charge in [-0.2, -0.15) is 0 Å². The first-order valence-electron chi connectivity index (χ1n) is 7.64. The Balaban J connectivity index is 2.02. The lowest BCUT2D eigenvalue weighted by Gasteiger charge is -2.14. The maximum Gasteiger partial charge on any atom is 0.116 e. The van der Waals surface area contributed by atoms with Gasteiger partial charge in [-0.15, -0.1) is 0 Å². The van der Waals surface area contributed by atoms with Crippen LogP contribution in [0.3, 0.4) is 0 Å². The minimum atomic E-state index is 0.878. The smallest absolute Gasteiger partial charge is 0.116 e. The summed E-state index contributed by atoms with van der Waals surface area (Å²) in [6.45, 7) is 0. The Morgan fingerprint density at radius 2 is 1.25 bits per heavy atom. The summed E-state index contributed by atoms with van der Waals surface area (Å²) in [4.78, 5) is 17.0. The van der Waals surface area contributed by atoms with Crippen LogP contribution < -0.4 is 0 Å². The number of benzene rings is 1. The molecule has 0 spiro atoms. The molecule has 0 radical (unpaired) electrons. The quantitative estimate of drug-likeness (QED) is 0.567. The van der Waals surface area contributed by atoms with Gasteiger partial charge >= 0.3 is 0 Å². The first-order valence-corrected chi connectivity index (χ1v) is 7.64. The SMILES string of the molecule is c1cncc(-c2cccc(-c3cccnc3)c2-c2ccncn2)c1. The lowest BCUT2D eigenvalue weighted by Crippen LogP contribution is -1.93. The van der Waals surface area contributed by atoms with Crippen molar-refractivity contribution in [1.82, 2.24) is 19.9 Å². The van der Waals surface area contributed by atoms with Crippen LogP contribution in [0.2, 0.25) is 0 Å². The summed E-state index contributed by atoms with van der Waals surface area (Å²) >= 11 is 0. The molecule has 0 amide bonds. The number of nitrogens with zero attached hydrogens (tertiary/aromatic N) is 4. The molecular formula is C20H14N4. The van der Waals surface area contributed by atoms with E-state index in [1.165, 1.54) is 0 Å². The number of hydrogen-bond acceptors (Lipinski definition) is 4. The van der Waals surface area contributed by atoms with Crippen molar-refractivity contribution >= 4 is 0 Å². The second kappa shape index (κ2) is 6.38. The fourth-order valence-electron chi connectivity index (χ4n) is 2.79. The van der Waals surface area contributed by atoms with Gasteiger partial charge in [-0.3, -0.25) is 9.97 Å². The molecule has 0 saturated heterocycles. The summed E-state index contributed by atoms with van der Waals surface area (Å²) in [6.07, 6.45) is 10.6. The molecule has 0 unspecified atom stereocenters. The van der Waals surface area contributed by atoms with Crippen molar-refractivity contribution in [1.29, 1.82) is 0 Å². The van der Waals surface area contributed by atoms with Gasteiger partial charge in [0.25, 0.3) is 0 Å². The molecule has 114 valence electrons. The van der Waals surface area contributed by atoms with E-state index in [4.69, 9.17) is 0 Å². The predicted octanol–water partition coefficient (Wildman–Crippen LogP) is 4.27. The van der Waals surface area contributed by atoms with Gasteiger partial charge in [0, 0.05) is 47.7 Å². The standard InChI is InChI=1S/C20H14N4/c1-6-17(15-4-2-9-21-12-15)20(19-8-11-23-14-24-19)18(7-1)16-5-3-10-22-13-16/h1-14H. The molecule has 0 aliphatic heterocycles. The van der Waals surface area contributed by atoms with Crippen molar-refractivity contribution in [2.24, 2.45) is 0 Å². The van der Waals surface area contributed by atoms with Crippen molar-refractivity contribution in [2.75, 3.05) is 0 Å². The molecule has 0 N–H and O–H groups in total. The predicted molar refractivity (Wildman–Crippen MR) is 93.9 cm³/mol. The van der Waals surface area contributed by atoms with Crippen LogP contribution in [-0.4, -0.2) is 19.9 Å². The van der Waals surface area contributed by atoms with E-state index in [0.29, 0.717) is 0 Å². The fraction of sp³-hybridized carbons (Fsp3) is 0. The second-order valence-corrected chi connectivity index (χ2v) is 5.31. The number of rotatable bonds is 3. The van der Waals surface area contributed by atoms with E-state index < -0.39 is 0 Å². The van der Waals surface area contributed by atoms with E-state index in [2.05, 4.69) is 50.3 Å². The highest BCUT2D eigenvalue weighted by Gasteiger charge is 2.14. The molecule has 0 bridgehead atoms. The van der Waals surface area contributed by atoms with Gasteiger partial charge < -0.3 is 0 Å². The summed E-state index contributed by atoms with van der Waals surface area (Å²) in [7, 11) is 0. The van der Waals surface area contributed by atoms with Crippen molar-refractivity contribution in [3.63, 3.8) is 0 Å². The zero-order chi connectivity index (χ0) is 16.2. The molecule has 4 rings (SSSR count). The molecule has 3 aromatic heterocycles. The van der Waals surface area contributed by atoms with Gasteiger partial charge in [0.15, 0.2) is 0 Å². The minimum Gasteiger partial charge on any atom is -0.264 e. The highest BCUT2D eigenvalue weighted by Crippen LogP contribution is 2.38. The number of hydrogen-bond donors (Lipinski definition) is 0. The van der Waals surface area contributed by atoms with Crippen LogP contribution in [0.15, 0.2) is 85.8 Å². The lowest BCUT2D eigenvalue weighted by atomic mass is 9.91. The third-order valence-electron chi connectivity index (χ3n) is 3.85. The third-order valence-corrected chi connectivity index (χ3v) is 3.85. The maximum absolute atomic E-state index is 4.47. The molecular weight excluding hydrogens is 296 g/mol. The summed E-state index contributed by atoms with van der Waals surface area (Å²) in [5.74, 6) is 0. The molecule has 4 nitrogen and oxygen atoms in total. The molecule has 0 fully saturated rings. The topological polar surface area (TPSA) is 51.6 Å². The van der Waals surface area contributed by atoms with Crippen molar-refractivity contribution in [3.05, 3.63) is 85.8 Å². The number of pyridine rings is 2. The Bertz CT molecular complexity index is 881. The molecule has 24 heavy (non-hydrogen) atoms. The molecule has 3 heterocycles. The van der Waals surface area contributed by atoms with Crippen LogP contribution in [0.5, 0.6) is 0 Å². The van der Waals surface area contributed by atoms with Crippen molar-refractivity contribution in [2.45, 2.75) is 0 Å². The Morgan fingerprint density at radius 1 is 0.583 bits per heavy atom. The maximum atomic E-state index is 4.47. The molecule has 0 aliphatic carbocycles. The largest absolute Gasteiger partial charge is 0.264 e. The summed E-state index contributed by atoms with van der Waals surface area (Å²) in [5.41, 5.74) is 6.21. The Labute approximate surface area is 139 Å². The van der Waals surface area contributed by atoms with Gasteiger partial charge in [0.05, 0.1) is 5.69 Å². The van der Waals surface area contributed by atoms with Gasteiger partial charge in [-0.05, 0) is 29.3 Å². The normalized spacial score (nSPS) is 10.5. The Hall–Kier alpha value is -3.40. The minimum absolute atomic E-state index is 0.878. The van der Waals surface area contributed by atoms with Gasteiger partial charge in [0.1, 0.15) is 6.33 Å². The van der Waals surface area contributed by atoms with Crippen molar-refractivity contribution < 1.29 is 0 Å². The Morgan fingerprint density at radius 3 is 1.75 bits per heavy atom. The molecule has 0 aliphatic rings. The summed E-state index contributed by atoms with van der Waals surface area (Å²) < 4.78 is 0. The van der Waals surface area contributed by atoms with Crippen LogP contribution in [0.1, 0.15) is 0 Å². The number of aromatic nitrogens is 4. The summed E-state index contributed by atoms with van der Waals surface area (Å²) in [5, 5.41) is 0. The van der Waals surface area contributed by atoms with Crippen LogP contribution in [0.25, 0.3) is 33.5 Å². The van der Waals surface area contributed by atoms with Gasteiger partial charge in [0.2, 0.25) is 0 Å². The first kappa shape index (κ1) is 14.2. The monoisotopic (exact) mass is 310 g/mol. The lowest BCUT2D eigenvalue weighted by molar-refractivity contribution is 1.17. The van der Waals surface area contributed by atoms with Gasteiger partial charge in [-0.25, -0.2) is 9.97 Å². The van der Waals surface area contributed by atoms with Gasteiger partial charge in [-0.1, -0.05) is 30.3 Å². The highest BCUT2D eigenvalue weighted by molar-refractivity contribution is 5.92. The first-order chi connectivity index (χ1) is 11.9. The average Bonchev–Trinajstić information content (AvgIpc) is 2.69. The molecule has 0 atom stereocenters. The Kier molecular flexibility index (Phi) is 3.78. The van der Waals surface area contributed by atoms with E-state index in [9.17, 15) is 0 Å². The van der Waals surface area contributed by atoms with E-state index >= 15 is 0 Å². The molecule has 4 aromatic rings. The van der Waals surface area contributed by atoms with Crippen LogP contribution in [0.4, 0.5) is 0 Å². The van der Waals surface area contributed by atoms with E-state index in [1.807, 2.05) is 30.6 Å². The van der Waals surface area contributed by atoms with Crippen LogP contribution >= 0.6 is 0 Å². The second-order valence-electron chi connectivity index (χ2n) is 5.31. The average molecular weight is 310 g/mol. The summed E-state index contributed by atoms with van der Waals surface area (Å²) in [6, 6.07) is 16.2. The zero-order valence-corrected chi connectivity index (χ0v) is 12.9. The molecule has 0 saturated carbocycles. The fourth-order valence-corrected chi connectivity index (χ4v) is 2.79. The molecule has 1 aromatic carbocycles. The highest BCUT2D eigenvalue weighted by atomic mass is 14.8. The van der Waals surface area contributed by atoms with E-state index in [0.717, 1.165) is 33.5 Å². The van der Waals surface area contributed by atoms with Crippen LogP contribution in [0, 0.1) is 0 Å². The molecule has 4 heteroatoms. The van der Waals surface area contributed by atoms with E-state index in [-0.39, 0.29) is 0 Å².